The van der Waals surface area contributed by atoms with Crippen molar-refractivity contribution >= 4 is 0 Å². The highest BCUT2D eigenvalue weighted by Crippen LogP contribution is 2.22. The van der Waals surface area contributed by atoms with Crippen LogP contribution in [-0.4, -0.2) is 15.2 Å². The highest BCUT2D eigenvalue weighted by atomic mass is 15.1. The van der Waals surface area contributed by atoms with Gasteiger partial charge >= 0.3 is 0 Å². The third-order valence-corrected chi connectivity index (χ3v) is 3.60. The number of hydrogen-bond acceptors (Lipinski definition) is 3. The molecule has 3 rings (SSSR count). The second-order valence-electron chi connectivity index (χ2n) is 5.03. The average molecular weight is 278 g/mol. The third-order valence-electron chi connectivity index (χ3n) is 3.60. The fourth-order valence-corrected chi connectivity index (χ4v) is 2.40. The fourth-order valence-electron chi connectivity index (χ4n) is 2.40. The van der Waals surface area contributed by atoms with E-state index in [9.17, 15) is 0 Å². The summed E-state index contributed by atoms with van der Waals surface area (Å²) in [6, 6.07) is 14.7. The molecule has 0 fully saturated rings. The van der Waals surface area contributed by atoms with Crippen LogP contribution in [0.1, 0.15) is 28.4 Å². The van der Waals surface area contributed by atoms with Crippen LogP contribution in [0.15, 0.2) is 61.1 Å². The summed E-state index contributed by atoms with van der Waals surface area (Å²) in [5, 5.41) is 10.6. The Morgan fingerprint density at radius 1 is 1.05 bits per heavy atom. The largest absolute Gasteiger partial charge is 0.302 e. The number of benzene rings is 1. The molecular formula is C17H18N4. The first kappa shape index (κ1) is 13.5. The summed E-state index contributed by atoms with van der Waals surface area (Å²) in [5.41, 5.74) is 4.73. The lowest BCUT2D eigenvalue weighted by Gasteiger charge is -2.19. The Bertz CT molecular complexity index is 637. The van der Waals surface area contributed by atoms with E-state index in [1.807, 2.05) is 43.7 Å². The Labute approximate surface area is 124 Å². The van der Waals surface area contributed by atoms with Crippen LogP contribution in [0.5, 0.6) is 0 Å². The molecule has 4 heteroatoms. The van der Waals surface area contributed by atoms with Crippen molar-refractivity contribution in [2.75, 3.05) is 0 Å². The Balaban J connectivity index is 1.85. The van der Waals surface area contributed by atoms with Gasteiger partial charge in [-0.15, -0.1) is 0 Å². The Kier molecular flexibility index (Phi) is 4.07. The second-order valence-corrected chi connectivity index (χ2v) is 5.03. The van der Waals surface area contributed by atoms with Gasteiger partial charge in [0.05, 0.1) is 12.2 Å². The SMILES string of the molecule is Cc1[nH]ncc1CNC(c1ccccc1)c1ccncc1. The zero-order valence-corrected chi connectivity index (χ0v) is 12.0. The lowest BCUT2D eigenvalue weighted by atomic mass is 9.99. The van der Waals surface area contributed by atoms with Crippen molar-refractivity contribution in [2.24, 2.45) is 0 Å². The van der Waals surface area contributed by atoms with Crippen LogP contribution in [0, 0.1) is 6.92 Å². The van der Waals surface area contributed by atoms with Gasteiger partial charge in [0, 0.05) is 30.2 Å². The number of hydrogen-bond donors (Lipinski definition) is 2. The van der Waals surface area contributed by atoms with Gasteiger partial charge in [-0.25, -0.2) is 0 Å². The maximum atomic E-state index is 4.10. The quantitative estimate of drug-likeness (QED) is 0.754. The molecule has 0 saturated carbocycles. The maximum absolute atomic E-state index is 4.10. The Morgan fingerprint density at radius 2 is 1.76 bits per heavy atom. The number of aryl methyl sites for hydroxylation is 1. The summed E-state index contributed by atoms with van der Waals surface area (Å²) in [7, 11) is 0. The van der Waals surface area contributed by atoms with Crippen LogP contribution in [0.3, 0.4) is 0 Å². The van der Waals surface area contributed by atoms with Gasteiger partial charge in [0.15, 0.2) is 0 Å². The van der Waals surface area contributed by atoms with Gasteiger partial charge < -0.3 is 5.32 Å². The minimum atomic E-state index is 0.142. The van der Waals surface area contributed by atoms with E-state index in [2.05, 4.69) is 44.8 Å². The first-order chi connectivity index (χ1) is 10.3. The molecule has 0 spiro atoms. The van der Waals surface area contributed by atoms with Crippen LogP contribution in [0.2, 0.25) is 0 Å². The summed E-state index contributed by atoms with van der Waals surface area (Å²) in [6.45, 7) is 2.80. The summed E-state index contributed by atoms with van der Waals surface area (Å²) < 4.78 is 0. The smallest absolute Gasteiger partial charge is 0.0580 e. The molecule has 2 N–H and O–H groups in total. The van der Waals surface area contributed by atoms with E-state index in [0.717, 1.165) is 12.2 Å². The summed E-state index contributed by atoms with van der Waals surface area (Å²) >= 11 is 0. The van der Waals surface area contributed by atoms with Gasteiger partial charge in [-0.3, -0.25) is 10.1 Å². The highest BCUT2D eigenvalue weighted by Gasteiger charge is 2.13. The molecule has 106 valence electrons. The molecule has 3 aromatic rings. The molecule has 2 aromatic heterocycles. The zero-order chi connectivity index (χ0) is 14.5. The van der Waals surface area contributed by atoms with E-state index in [0.29, 0.717) is 0 Å². The first-order valence-electron chi connectivity index (χ1n) is 7.01. The molecule has 0 bridgehead atoms. The molecule has 1 atom stereocenters. The molecule has 4 nitrogen and oxygen atoms in total. The third kappa shape index (κ3) is 3.17. The molecule has 2 heterocycles. The normalized spacial score (nSPS) is 12.2. The van der Waals surface area contributed by atoms with Gasteiger partial charge in [0.1, 0.15) is 0 Å². The lowest BCUT2D eigenvalue weighted by molar-refractivity contribution is 0.603. The average Bonchev–Trinajstić information content (AvgIpc) is 2.95. The number of nitrogens with zero attached hydrogens (tertiary/aromatic N) is 2. The Hall–Kier alpha value is -2.46. The lowest BCUT2D eigenvalue weighted by Crippen LogP contribution is -2.22. The molecular weight excluding hydrogens is 260 g/mol. The minimum Gasteiger partial charge on any atom is -0.302 e. The van der Waals surface area contributed by atoms with Gasteiger partial charge in [0.25, 0.3) is 0 Å². The molecule has 0 amide bonds. The van der Waals surface area contributed by atoms with Crippen LogP contribution in [0.4, 0.5) is 0 Å². The van der Waals surface area contributed by atoms with Crippen molar-refractivity contribution < 1.29 is 0 Å². The van der Waals surface area contributed by atoms with E-state index >= 15 is 0 Å². The van der Waals surface area contributed by atoms with Gasteiger partial charge in [-0.05, 0) is 30.2 Å². The summed E-state index contributed by atoms with van der Waals surface area (Å²) in [4.78, 5) is 4.10. The molecule has 1 aromatic carbocycles. The van der Waals surface area contributed by atoms with Crippen molar-refractivity contribution in [1.82, 2.24) is 20.5 Å². The number of rotatable bonds is 5. The maximum Gasteiger partial charge on any atom is 0.0580 e. The van der Waals surface area contributed by atoms with E-state index in [4.69, 9.17) is 0 Å². The number of pyridine rings is 1. The predicted molar refractivity (Wildman–Crippen MR) is 82.7 cm³/mol. The molecule has 0 radical (unpaired) electrons. The monoisotopic (exact) mass is 278 g/mol. The summed E-state index contributed by atoms with van der Waals surface area (Å²) in [5.74, 6) is 0. The van der Waals surface area contributed by atoms with Crippen molar-refractivity contribution in [1.29, 1.82) is 0 Å². The minimum absolute atomic E-state index is 0.142. The number of H-pyrrole nitrogens is 1. The second kappa shape index (κ2) is 6.33. The fraction of sp³-hybridized carbons (Fsp3) is 0.176. The van der Waals surface area contributed by atoms with Crippen LogP contribution in [0.25, 0.3) is 0 Å². The van der Waals surface area contributed by atoms with Crippen molar-refractivity contribution in [2.45, 2.75) is 19.5 Å². The molecule has 1 unspecified atom stereocenters. The zero-order valence-electron chi connectivity index (χ0n) is 12.0. The van der Waals surface area contributed by atoms with Crippen molar-refractivity contribution in [3.05, 3.63) is 83.4 Å². The Morgan fingerprint density at radius 3 is 2.43 bits per heavy atom. The van der Waals surface area contributed by atoms with Gasteiger partial charge in [0.2, 0.25) is 0 Å². The number of aromatic nitrogens is 3. The summed E-state index contributed by atoms with van der Waals surface area (Å²) in [6.07, 6.45) is 5.53. The number of nitrogens with one attached hydrogen (secondary N) is 2. The number of aromatic amines is 1. The molecule has 0 aliphatic heterocycles. The molecule has 0 aliphatic rings. The van der Waals surface area contributed by atoms with Gasteiger partial charge in [-0.2, -0.15) is 5.10 Å². The van der Waals surface area contributed by atoms with E-state index in [1.54, 1.807) is 0 Å². The predicted octanol–water partition coefficient (Wildman–Crippen LogP) is 2.99. The van der Waals surface area contributed by atoms with Crippen LogP contribution >= 0.6 is 0 Å². The van der Waals surface area contributed by atoms with Crippen LogP contribution in [-0.2, 0) is 6.54 Å². The molecule has 0 saturated heterocycles. The molecule has 0 aliphatic carbocycles. The topological polar surface area (TPSA) is 53.6 Å². The highest BCUT2D eigenvalue weighted by molar-refractivity contribution is 5.30. The molecule has 21 heavy (non-hydrogen) atoms. The first-order valence-corrected chi connectivity index (χ1v) is 7.01. The van der Waals surface area contributed by atoms with E-state index in [1.165, 1.54) is 16.7 Å². The van der Waals surface area contributed by atoms with E-state index in [-0.39, 0.29) is 6.04 Å². The van der Waals surface area contributed by atoms with Gasteiger partial charge in [-0.1, -0.05) is 30.3 Å². The standard InChI is InChI=1S/C17H18N4/c1-13-16(12-20-21-13)11-19-17(14-5-3-2-4-6-14)15-7-9-18-10-8-15/h2-10,12,17,19H,11H2,1H3,(H,20,21). The van der Waals surface area contributed by atoms with Crippen molar-refractivity contribution in [3.63, 3.8) is 0 Å². The van der Waals surface area contributed by atoms with Crippen LogP contribution < -0.4 is 5.32 Å². The van der Waals surface area contributed by atoms with E-state index < -0.39 is 0 Å². The van der Waals surface area contributed by atoms with Crippen molar-refractivity contribution in [3.8, 4) is 0 Å².